The van der Waals surface area contributed by atoms with Gasteiger partial charge in [-0.15, -0.1) is 0 Å². The van der Waals surface area contributed by atoms with Gasteiger partial charge in [-0.25, -0.2) is 0 Å². The molecule has 3 nitrogen and oxygen atoms in total. The maximum atomic E-state index is 5.66. The highest BCUT2D eigenvalue weighted by molar-refractivity contribution is 7.49. The molecule has 0 radical (unpaired) electrons. The zero-order chi connectivity index (χ0) is 21.2. The molecule has 0 heterocycles. The van der Waals surface area contributed by atoms with Gasteiger partial charge in [0.15, 0.2) is 0 Å². The molecule has 0 aliphatic heterocycles. The van der Waals surface area contributed by atoms with E-state index >= 15 is 0 Å². The van der Waals surface area contributed by atoms with Crippen molar-refractivity contribution in [2.75, 3.05) is 19.8 Å². The standard InChI is InChI=1S/C24H32O3Si3/c1-4-25-19-7-13-22(14-8-19)28-30(24-17-11-21(12-18-24)27-6-3)29-23-15-9-20(10-16-23)26-5-2/h7-18,30H,4-6,28-29H2,1-3H3. The van der Waals surface area contributed by atoms with Crippen LogP contribution in [0.15, 0.2) is 72.8 Å². The Labute approximate surface area is 186 Å². The number of hydrogen-bond donors (Lipinski definition) is 0. The molecule has 0 saturated heterocycles. The molecule has 0 aromatic heterocycles. The maximum Gasteiger partial charge on any atom is 0.119 e. The normalized spacial score (nSPS) is 12.5. The largest absolute Gasteiger partial charge is 0.494 e. The second-order valence-corrected chi connectivity index (χ2v) is 23.6. The summed E-state index contributed by atoms with van der Waals surface area (Å²) in [6.45, 7) is 8.22. The molecular weight excluding hydrogens is 421 g/mol. The van der Waals surface area contributed by atoms with Crippen LogP contribution >= 0.6 is 0 Å². The third-order valence-corrected chi connectivity index (χ3v) is 23.1. The summed E-state index contributed by atoms with van der Waals surface area (Å²) in [4.78, 5) is 0. The lowest BCUT2D eigenvalue weighted by Crippen LogP contribution is -2.51. The summed E-state index contributed by atoms with van der Waals surface area (Å²) >= 11 is 0. The van der Waals surface area contributed by atoms with Gasteiger partial charge in [-0.1, -0.05) is 52.0 Å². The fraction of sp³-hybridized carbons (Fsp3) is 0.250. The van der Waals surface area contributed by atoms with Gasteiger partial charge in [0.25, 0.3) is 0 Å². The number of ether oxygens (including phenoxy) is 3. The Bertz CT molecular complexity index is 830. The Morgan fingerprint density at radius 2 is 0.867 bits per heavy atom. The van der Waals surface area contributed by atoms with Crippen molar-refractivity contribution >= 4 is 41.5 Å². The van der Waals surface area contributed by atoms with Crippen LogP contribution in [0.2, 0.25) is 0 Å². The summed E-state index contributed by atoms with van der Waals surface area (Å²) in [5, 5.41) is 4.67. The predicted molar refractivity (Wildman–Crippen MR) is 136 cm³/mol. The van der Waals surface area contributed by atoms with Gasteiger partial charge in [0, 0.05) is 18.1 Å². The van der Waals surface area contributed by atoms with Crippen molar-refractivity contribution in [1.29, 1.82) is 0 Å². The van der Waals surface area contributed by atoms with Crippen LogP contribution < -0.4 is 29.8 Å². The highest BCUT2D eigenvalue weighted by atomic mass is 29.6. The fourth-order valence-corrected chi connectivity index (χ4v) is 23.0. The average Bonchev–Trinajstić information content (AvgIpc) is 2.77. The molecule has 0 atom stereocenters. The van der Waals surface area contributed by atoms with Gasteiger partial charge in [-0.05, 0) is 57.2 Å². The quantitative estimate of drug-likeness (QED) is 0.411. The first-order valence-corrected chi connectivity index (χ1v) is 19.4. The topological polar surface area (TPSA) is 27.7 Å². The summed E-state index contributed by atoms with van der Waals surface area (Å²) in [5.74, 6) is 2.91. The second-order valence-electron chi connectivity index (χ2n) is 7.26. The smallest absolute Gasteiger partial charge is 0.119 e. The van der Waals surface area contributed by atoms with Crippen molar-refractivity contribution < 1.29 is 14.2 Å². The van der Waals surface area contributed by atoms with Crippen LogP contribution in [-0.4, -0.2) is 45.7 Å². The summed E-state index contributed by atoms with van der Waals surface area (Å²) in [6, 6.07) is 26.6. The van der Waals surface area contributed by atoms with E-state index in [0.29, 0.717) is 19.8 Å². The summed E-state index contributed by atoms with van der Waals surface area (Å²) in [6.07, 6.45) is 0. The van der Waals surface area contributed by atoms with E-state index < -0.39 is 7.83 Å². The first-order chi connectivity index (χ1) is 14.7. The van der Waals surface area contributed by atoms with E-state index in [9.17, 15) is 0 Å². The van der Waals surface area contributed by atoms with Crippen LogP contribution in [0.25, 0.3) is 0 Å². The van der Waals surface area contributed by atoms with Gasteiger partial charge in [0.05, 0.1) is 27.7 Å². The summed E-state index contributed by atoms with van der Waals surface area (Å²) < 4.78 is 16.9. The number of rotatable bonds is 11. The van der Waals surface area contributed by atoms with Crippen molar-refractivity contribution in [3.05, 3.63) is 72.8 Å². The van der Waals surface area contributed by atoms with Gasteiger partial charge in [0.1, 0.15) is 17.2 Å². The molecule has 0 aliphatic rings. The highest BCUT2D eigenvalue weighted by Gasteiger charge is 2.17. The summed E-state index contributed by atoms with van der Waals surface area (Å²) in [5.41, 5.74) is 0. The molecule has 0 fully saturated rings. The van der Waals surface area contributed by atoms with Crippen molar-refractivity contribution in [3.8, 4) is 17.2 Å². The molecule has 158 valence electrons. The lowest BCUT2D eigenvalue weighted by molar-refractivity contribution is 0.340. The first-order valence-electron chi connectivity index (χ1n) is 10.9. The third kappa shape index (κ3) is 6.62. The van der Waals surface area contributed by atoms with E-state index in [-0.39, 0.29) is 18.1 Å². The number of hydrogen-bond acceptors (Lipinski definition) is 3. The van der Waals surface area contributed by atoms with Crippen molar-refractivity contribution in [2.24, 2.45) is 0 Å². The molecule has 30 heavy (non-hydrogen) atoms. The molecule has 0 saturated carbocycles. The molecule has 3 aromatic carbocycles. The maximum absolute atomic E-state index is 5.66. The van der Waals surface area contributed by atoms with Crippen LogP contribution in [0.5, 0.6) is 17.2 Å². The van der Waals surface area contributed by atoms with E-state index in [0.717, 1.165) is 17.2 Å². The molecule has 0 aliphatic carbocycles. The van der Waals surface area contributed by atoms with E-state index in [1.807, 2.05) is 20.8 Å². The molecular formula is C24H32O3Si3. The first kappa shape index (κ1) is 22.4. The van der Waals surface area contributed by atoms with Gasteiger partial charge < -0.3 is 14.2 Å². The van der Waals surface area contributed by atoms with Crippen LogP contribution in [0.3, 0.4) is 0 Å². The minimum absolute atomic E-state index is 0.340. The lowest BCUT2D eigenvalue weighted by Gasteiger charge is -2.17. The second kappa shape index (κ2) is 11.8. The minimum atomic E-state index is -1.01. The third-order valence-electron chi connectivity index (χ3n) is 5.10. The Balaban J connectivity index is 1.79. The van der Waals surface area contributed by atoms with Crippen LogP contribution in [-0.2, 0) is 0 Å². The van der Waals surface area contributed by atoms with Crippen molar-refractivity contribution in [2.45, 2.75) is 20.8 Å². The highest BCUT2D eigenvalue weighted by Crippen LogP contribution is 2.10. The average molecular weight is 453 g/mol. The molecule has 3 aromatic rings. The summed E-state index contributed by atoms with van der Waals surface area (Å²) in [7, 11) is -1.69. The van der Waals surface area contributed by atoms with Gasteiger partial charge in [0.2, 0.25) is 0 Å². The zero-order valence-electron chi connectivity index (χ0n) is 18.3. The Morgan fingerprint density at radius 1 is 0.533 bits per heavy atom. The van der Waals surface area contributed by atoms with Gasteiger partial charge in [-0.2, -0.15) is 0 Å². The SMILES string of the molecule is CCOc1ccc([SiH2][SiH]([SiH2]c2ccc(OCC)cc2)c2ccc(OCC)cc2)cc1. The van der Waals surface area contributed by atoms with E-state index in [1.165, 1.54) is 0 Å². The Morgan fingerprint density at radius 3 is 1.20 bits per heavy atom. The Kier molecular flexibility index (Phi) is 8.80. The number of benzene rings is 3. The zero-order valence-corrected chi connectivity index (χ0v) is 22.2. The molecule has 0 amide bonds. The van der Waals surface area contributed by atoms with E-state index in [4.69, 9.17) is 14.2 Å². The van der Waals surface area contributed by atoms with Gasteiger partial charge in [-0.3, -0.25) is 0 Å². The molecule has 0 bridgehead atoms. The molecule has 0 N–H and O–H groups in total. The van der Waals surface area contributed by atoms with Crippen LogP contribution in [0, 0.1) is 0 Å². The monoisotopic (exact) mass is 452 g/mol. The minimum Gasteiger partial charge on any atom is -0.494 e. The van der Waals surface area contributed by atoms with Crippen molar-refractivity contribution in [1.82, 2.24) is 0 Å². The van der Waals surface area contributed by atoms with E-state index in [2.05, 4.69) is 72.8 Å². The van der Waals surface area contributed by atoms with Crippen LogP contribution in [0.1, 0.15) is 20.8 Å². The fourth-order valence-electron chi connectivity index (χ4n) is 3.66. The predicted octanol–water partition coefficient (Wildman–Crippen LogP) is 1.30. The van der Waals surface area contributed by atoms with Crippen LogP contribution in [0.4, 0.5) is 0 Å². The van der Waals surface area contributed by atoms with Gasteiger partial charge >= 0.3 is 0 Å². The lowest BCUT2D eigenvalue weighted by atomic mass is 10.3. The molecule has 0 unspecified atom stereocenters. The Hall–Kier alpha value is -2.29. The molecule has 6 heteroatoms. The molecule has 0 spiro atoms. The van der Waals surface area contributed by atoms with Crippen molar-refractivity contribution in [3.63, 3.8) is 0 Å². The molecule has 3 rings (SSSR count). The van der Waals surface area contributed by atoms with E-state index in [1.54, 1.807) is 15.6 Å².